The second-order valence-electron chi connectivity index (χ2n) is 9.58. The topological polar surface area (TPSA) is 146 Å². The Bertz CT molecular complexity index is 964. The number of aliphatic hydroxyl groups excluding tert-OH is 4. The Hall–Kier alpha value is -2.00. The minimum atomic E-state index is -1.43. The standard InChI is InChI=1S/C28H38O11/c1-33-25-21(29)19(15-35-13-17-9-5-3-6-10-17)38-28(23(25)31)39-24-20(37-27(32)26(34-2)22(24)30)16-36-14-18-11-7-4-8-12-18/h3-12,19-32H,13-16H2,1-2H3/t19-,20-,21-,22+,23+,24-,25+,26+,27+,28-/m1/s1. The largest absolute Gasteiger partial charge is 0.387 e. The van der Waals surface area contributed by atoms with E-state index in [-0.39, 0.29) is 19.8 Å². The molecular formula is C28H38O11. The van der Waals surface area contributed by atoms with Gasteiger partial charge in [-0.25, -0.2) is 0 Å². The number of rotatable bonds is 12. The van der Waals surface area contributed by atoms with Crippen LogP contribution in [0.1, 0.15) is 11.1 Å². The van der Waals surface area contributed by atoms with Gasteiger partial charge in [-0.1, -0.05) is 60.7 Å². The van der Waals surface area contributed by atoms with Crippen LogP contribution in [0.2, 0.25) is 0 Å². The molecule has 0 radical (unpaired) electrons. The van der Waals surface area contributed by atoms with Crippen molar-refractivity contribution in [1.29, 1.82) is 0 Å². The molecule has 2 saturated heterocycles. The molecule has 0 unspecified atom stereocenters. The van der Waals surface area contributed by atoms with E-state index in [1.807, 2.05) is 60.7 Å². The summed E-state index contributed by atoms with van der Waals surface area (Å²) in [6.07, 6.45) is -11.8. The van der Waals surface area contributed by atoms with Crippen LogP contribution in [-0.4, -0.2) is 109 Å². The van der Waals surface area contributed by atoms with Crippen molar-refractivity contribution in [3.8, 4) is 0 Å². The lowest BCUT2D eigenvalue weighted by atomic mass is 9.96. The van der Waals surface area contributed by atoms with Crippen molar-refractivity contribution >= 4 is 0 Å². The van der Waals surface area contributed by atoms with Gasteiger partial charge in [-0.2, -0.15) is 0 Å². The van der Waals surface area contributed by atoms with Crippen LogP contribution in [0.25, 0.3) is 0 Å². The fourth-order valence-corrected chi connectivity index (χ4v) is 4.79. The van der Waals surface area contributed by atoms with E-state index in [9.17, 15) is 20.4 Å². The Morgan fingerprint density at radius 1 is 0.615 bits per heavy atom. The fourth-order valence-electron chi connectivity index (χ4n) is 4.79. The maximum Gasteiger partial charge on any atom is 0.187 e. The van der Waals surface area contributed by atoms with Gasteiger partial charge in [0.1, 0.15) is 48.8 Å². The highest BCUT2D eigenvalue weighted by Gasteiger charge is 2.51. The van der Waals surface area contributed by atoms with E-state index in [2.05, 4.69) is 0 Å². The second-order valence-corrected chi connectivity index (χ2v) is 9.58. The second kappa shape index (κ2) is 14.6. The van der Waals surface area contributed by atoms with Gasteiger partial charge in [-0.15, -0.1) is 0 Å². The van der Waals surface area contributed by atoms with Gasteiger partial charge in [0.05, 0.1) is 26.4 Å². The van der Waals surface area contributed by atoms with E-state index in [1.165, 1.54) is 14.2 Å². The van der Waals surface area contributed by atoms with Gasteiger partial charge in [-0.05, 0) is 11.1 Å². The first kappa shape index (κ1) is 30.0. The minimum absolute atomic E-state index is 0.00472. The zero-order valence-corrected chi connectivity index (χ0v) is 22.0. The number of methoxy groups -OCH3 is 2. The average Bonchev–Trinajstić information content (AvgIpc) is 2.94. The smallest absolute Gasteiger partial charge is 0.187 e. The quantitative estimate of drug-likeness (QED) is 0.291. The SMILES string of the molecule is CO[C@@H]1[C@H](O)[C@@H](O[C@H]2[C@H](O)[C@H](OC)[C@@H](O)O[C@@H]2COCc2ccccc2)O[C@H](COCc2ccccc2)[C@H]1O. The molecule has 0 aliphatic carbocycles. The zero-order valence-electron chi connectivity index (χ0n) is 22.0. The molecule has 11 nitrogen and oxygen atoms in total. The molecule has 216 valence electrons. The van der Waals surface area contributed by atoms with Crippen LogP contribution >= 0.6 is 0 Å². The van der Waals surface area contributed by atoms with Gasteiger partial charge in [-0.3, -0.25) is 0 Å². The molecule has 0 amide bonds. The molecule has 4 N–H and O–H groups in total. The molecule has 2 aliphatic rings. The summed E-state index contributed by atoms with van der Waals surface area (Å²) in [6.45, 7) is 0.527. The molecule has 10 atom stereocenters. The monoisotopic (exact) mass is 550 g/mol. The van der Waals surface area contributed by atoms with Crippen molar-refractivity contribution in [3.63, 3.8) is 0 Å². The number of ether oxygens (including phenoxy) is 7. The van der Waals surface area contributed by atoms with Crippen molar-refractivity contribution in [2.45, 2.75) is 74.6 Å². The Morgan fingerprint density at radius 3 is 1.69 bits per heavy atom. The van der Waals surface area contributed by atoms with Crippen LogP contribution < -0.4 is 0 Å². The van der Waals surface area contributed by atoms with Crippen LogP contribution in [0.4, 0.5) is 0 Å². The van der Waals surface area contributed by atoms with E-state index >= 15 is 0 Å². The van der Waals surface area contributed by atoms with Crippen LogP contribution in [0, 0.1) is 0 Å². The lowest BCUT2D eigenvalue weighted by Crippen LogP contribution is -2.65. The Labute approximate surface area is 227 Å². The maximum atomic E-state index is 11.0. The normalized spacial score (nSPS) is 35.1. The predicted molar refractivity (Wildman–Crippen MR) is 136 cm³/mol. The van der Waals surface area contributed by atoms with Gasteiger partial charge in [0.15, 0.2) is 12.6 Å². The Kier molecular flexibility index (Phi) is 11.2. The highest BCUT2D eigenvalue weighted by molar-refractivity contribution is 5.14. The fraction of sp³-hybridized carbons (Fsp3) is 0.571. The maximum absolute atomic E-state index is 11.0. The van der Waals surface area contributed by atoms with Crippen LogP contribution in [-0.2, 0) is 46.4 Å². The first-order chi connectivity index (χ1) is 18.9. The highest BCUT2D eigenvalue weighted by atomic mass is 16.7. The molecule has 0 saturated carbocycles. The molecule has 0 aromatic heterocycles. The van der Waals surface area contributed by atoms with Gasteiger partial charge < -0.3 is 53.6 Å². The number of hydrogen-bond donors (Lipinski definition) is 4. The molecule has 11 heteroatoms. The molecule has 39 heavy (non-hydrogen) atoms. The van der Waals surface area contributed by atoms with Crippen molar-refractivity contribution in [2.24, 2.45) is 0 Å². The third kappa shape index (κ3) is 7.60. The Balaban J connectivity index is 1.43. The molecule has 2 fully saturated rings. The first-order valence-corrected chi connectivity index (χ1v) is 12.9. The summed E-state index contributed by atoms with van der Waals surface area (Å²) < 4.78 is 39.8. The summed E-state index contributed by atoms with van der Waals surface area (Å²) in [6, 6.07) is 19.0. The number of benzene rings is 2. The van der Waals surface area contributed by atoms with Gasteiger partial charge in [0.2, 0.25) is 0 Å². The van der Waals surface area contributed by atoms with Crippen molar-refractivity contribution in [2.75, 3.05) is 27.4 Å². The van der Waals surface area contributed by atoms with E-state index in [0.717, 1.165) is 11.1 Å². The highest BCUT2D eigenvalue weighted by Crippen LogP contribution is 2.31. The summed E-state index contributed by atoms with van der Waals surface area (Å²) in [5, 5.41) is 43.1. The lowest BCUT2D eigenvalue weighted by molar-refractivity contribution is -0.359. The predicted octanol–water partition coefficient (Wildman–Crippen LogP) is 0.360. The minimum Gasteiger partial charge on any atom is -0.387 e. The molecule has 0 bridgehead atoms. The summed E-state index contributed by atoms with van der Waals surface area (Å²) >= 11 is 0. The zero-order chi connectivity index (χ0) is 27.8. The van der Waals surface area contributed by atoms with E-state index in [4.69, 9.17) is 33.2 Å². The molecule has 2 aromatic rings. The molecule has 2 heterocycles. The van der Waals surface area contributed by atoms with Crippen molar-refractivity contribution in [3.05, 3.63) is 71.8 Å². The van der Waals surface area contributed by atoms with Gasteiger partial charge in [0.25, 0.3) is 0 Å². The molecule has 2 aliphatic heterocycles. The van der Waals surface area contributed by atoms with Crippen LogP contribution in [0.3, 0.4) is 0 Å². The average molecular weight is 551 g/mol. The molecule has 4 rings (SSSR count). The van der Waals surface area contributed by atoms with Gasteiger partial charge >= 0.3 is 0 Å². The Morgan fingerprint density at radius 2 is 1.15 bits per heavy atom. The van der Waals surface area contributed by atoms with Crippen molar-refractivity contribution in [1.82, 2.24) is 0 Å². The van der Waals surface area contributed by atoms with E-state index < -0.39 is 61.4 Å². The summed E-state index contributed by atoms with van der Waals surface area (Å²) in [4.78, 5) is 0. The molecule has 2 aromatic carbocycles. The van der Waals surface area contributed by atoms with E-state index in [1.54, 1.807) is 0 Å². The summed E-state index contributed by atoms with van der Waals surface area (Å²) in [5.74, 6) is 0. The third-order valence-electron chi connectivity index (χ3n) is 6.90. The van der Waals surface area contributed by atoms with E-state index in [0.29, 0.717) is 6.61 Å². The molecule has 0 spiro atoms. The van der Waals surface area contributed by atoms with Gasteiger partial charge in [0, 0.05) is 14.2 Å². The summed E-state index contributed by atoms with van der Waals surface area (Å²) in [7, 11) is 2.69. The van der Waals surface area contributed by atoms with Crippen LogP contribution in [0.15, 0.2) is 60.7 Å². The van der Waals surface area contributed by atoms with Crippen LogP contribution in [0.5, 0.6) is 0 Å². The van der Waals surface area contributed by atoms with Crippen molar-refractivity contribution < 1.29 is 53.6 Å². The number of hydrogen-bond acceptors (Lipinski definition) is 11. The molecular weight excluding hydrogens is 512 g/mol. The summed E-state index contributed by atoms with van der Waals surface area (Å²) in [5.41, 5.74) is 1.88. The lowest BCUT2D eigenvalue weighted by Gasteiger charge is -2.46. The number of aliphatic hydroxyl groups is 4. The first-order valence-electron chi connectivity index (χ1n) is 12.9. The third-order valence-corrected chi connectivity index (χ3v) is 6.90.